The van der Waals surface area contributed by atoms with Crippen molar-refractivity contribution >= 4 is 41.1 Å². The van der Waals surface area contributed by atoms with E-state index in [1.807, 2.05) is 13.8 Å². The molecule has 0 spiro atoms. The summed E-state index contributed by atoms with van der Waals surface area (Å²) < 4.78 is 0. The predicted octanol–water partition coefficient (Wildman–Crippen LogP) is 4.02. The summed E-state index contributed by atoms with van der Waals surface area (Å²) in [5.74, 6) is -1.56. The zero-order valence-corrected chi connectivity index (χ0v) is 14.7. The molecule has 0 saturated heterocycles. The van der Waals surface area contributed by atoms with Crippen LogP contribution in [0.1, 0.15) is 20.8 Å². The fourth-order valence-corrected chi connectivity index (χ4v) is 2.95. The number of carbonyl (C=O) groups excluding carboxylic acids is 1. The van der Waals surface area contributed by atoms with Crippen LogP contribution in [0.5, 0.6) is 0 Å². The molecule has 122 valence electrons. The van der Waals surface area contributed by atoms with E-state index in [0.717, 1.165) is 4.90 Å². The first-order valence-electron chi connectivity index (χ1n) is 6.92. The smallest absolute Gasteiger partial charge is 0.321 e. The fraction of sp³-hybridized carbons (Fsp3) is 0.467. The summed E-state index contributed by atoms with van der Waals surface area (Å²) in [6, 6.07) is 4.96. The number of carboxylic acid groups (broad SMARTS) is 1. The van der Waals surface area contributed by atoms with Crippen molar-refractivity contribution in [2.45, 2.75) is 30.9 Å². The van der Waals surface area contributed by atoms with Gasteiger partial charge in [-0.2, -0.15) is 0 Å². The maximum Gasteiger partial charge on any atom is 0.321 e. The van der Waals surface area contributed by atoms with Crippen LogP contribution in [0.15, 0.2) is 23.1 Å². The second-order valence-corrected chi connectivity index (χ2v) is 7.33. The monoisotopic (exact) mass is 344 g/mol. The molecule has 7 heteroatoms. The minimum atomic E-state index is -0.932. The van der Waals surface area contributed by atoms with Crippen LogP contribution in [0, 0.1) is 5.92 Å². The zero-order chi connectivity index (χ0) is 16.9. The lowest BCUT2D eigenvalue weighted by Crippen LogP contribution is -2.36. The molecule has 1 unspecified atom stereocenters. The van der Waals surface area contributed by atoms with Crippen molar-refractivity contribution in [3.8, 4) is 0 Å². The summed E-state index contributed by atoms with van der Waals surface area (Å²) in [6.07, 6.45) is 0. The summed E-state index contributed by atoms with van der Waals surface area (Å²) in [5, 5.41) is 12.6. The molecule has 0 radical (unpaired) electrons. The van der Waals surface area contributed by atoms with Gasteiger partial charge in [-0.3, -0.25) is 4.79 Å². The topological polar surface area (TPSA) is 69.6 Å². The number of nitrogens with one attached hydrogen (secondary N) is 1. The fourth-order valence-electron chi connectivity index (χ4n) is 1.75. The Kier molecular flexibility index (Phi) is 7.03. The van der Waals surface area contributed by atoms with Gasteiger partial charge in [0, 0.05) is 23.7 Å². The molecule has 1 rings (SSSR count). The van der Waals surface area contributed by atoms with Crippen molar-refractivity contribution in [2.24, 2.45) is 5.92 Å². The molecule has 1 atom stereocenters. The zero-order valence-electron chi connectivity index (χ0n) is 13.1. The van der Waals surface area contributed by atoms with Crippen molar-refractivity contribution < 1.29 is 14.7 Å². The highest BCUT2D eigenvalue weighted by Crippen LogP contribution is 2.36. The van der Waals surface area contributed by atoms with Gasteiger partial charge < -0.3 is 15.3 Å². The van der Waals surface area contributed by atoms with Crippen LogP contribution in [-0.4, -0.2) is 40.8 Å². The summed E-state index contributed by atoms with van der Waals surface area (Å²) >= 11 is 7.76. The molecule has 0 aliphatic heterocycles. The quantitative estimate of drug-likeness (QED) is 0.764. The third kappa shape index (κ3) is 5.42. The number of carbonyl (C=O) groups is 2. The van der Waals surface area contributed by atoms with Crippen LogP contribution in [0.25, 0.3) is 0 Å². The summed E-state index contributed by atoms with van der Waals surface area (Å²) in [7, 11) is 1.56. The number of carboxylic acids is 1. The number of amides is 2. The second-order valence-electron chi connectivity index (χ2n) is 5.33. The number of hydrogen-bond acceptors (Lipinski definition) is 3. The van der Waals surface area contributed by atoms with E-state index in [0.29, 0.717) is 16.0 Å². The Morgan fingerprint density at radius 2 is 2.00 bits per heavy atom. The molecule has 22 heavy (non-hydrogen) atoms. The number of aliphatic carboxylic acids is 1. The Hall–Kier alpha value is -1.40. The van der Waals surface area contributed by atoms with Gasteiger partial charge >= 0.3 is 12.0 Å². The van der Waals surface area contributed by atoms with Crippen LogP contribution in [0.2, 0.25) is 5.02 Å². The molecule has 0 aliphatic carbocycles. The highest BCUT2D eigenvalue weighted by Gasteiger charge is 2.19. The van der Waals surface area contributed by atoms with Gasteiger partial charge in [-0.25, -0.2) is 4.79 Å². The molecule has 0 heterocycles. The lowest BCUT2D eigenvalue weighted by atomic mass is 10.2. The Morgan fingerprint density at radius 3 is 2.55 bits per heavy atom. The third-order valence-electron chi connectivity index (χ3n) is 2.88. The van der Waals surface area contributed by atoms with Crippen LogP contribution in [-0.2, 0) is 4.79 Å². The minimum absolute atomic E-state index is 0.133. The molecule has 1 aromatic carbocycles. The van der Waals surface area contributed by atoms with E-state index >= 15 is 0 Å². The van der Waals surface area contributed by atoms with E-state index in [2.05, 4.69) is 5.32 Å². The van der Waals surface area contributed by atoms with Crippen LogP contribution < -0.4 is 5.32 Å². The lowest BCUT2D eigenvalue weighted by Gasteiger charge is -2.21. The highest BCUT2D eigenvalue weighted by molar-refractivity contribution is 8.00. The molecular formula is C15H21ClN2O3S. The van der Waals surface area contributed by atoms with Crippen LogP contribution >= 0.6 is 23.4 Å². The van der Waals surface area contributed by atoms with Crippen molar-refractivity contribution in [3.63, 3.8) is 0 Å². The maximum atomic E-state index is 12.2. The minimum Gasteiger partial charge on any atom is -0.481 e. The van der Waals surface area contributed by atoms with Gasteiger partial charge in [0.1, 0.15) is 0 Å². The number of anilines is 1. The molecule has 0 fully saturated rings. The van der Waals surface area contributed by atoms with Gasteiger partial charge in [0.2, 0.25) is 0 Å². The number of rotatable bonds is 6. The Morgan fingerprint density at radius 1 is 1.36 bits per heavy atom. The normalized spacial score (nSPS) is 12.1. The van der Waals surface area contributed by atoms with Gasteiger partial charge in [-0.1, -0.05) is 38.4 Å². The Balaban J connectivity index is 2.83. The van der Waals surface area contributed by atoms with E-state index < -0.39 is 11.9 Å². The largest absolute Gasteiger partial charge is 0.481 e. The number of benzene rings is 1. The van der Waals surface area contributed by atoms with Gasteiger partial charge in [0.15, 0.2) is 0 Å². The summed E-state index contributed by atoms with van der Waals surface area (Å²) in [5.41, 5.74) is 0.631. The van der Waals surface area contributed by atoms with E-state index in [1.54, 1.807) is 43.9 Å². The maximum absolute atomic E-state index is 12.2. The summed E-state index contributed by atoms with van der Waals surface area (Å²) in [4.78, 5) is 25.2. The first kappa shape index (κ1) is 18.6. The van der Waals surface area contributed by atoms with Crippen LogP contribution in [0.3, 0.4) is 0 Å². The molecular weight excluding hydrogens is 324 g/mol. The Labute approximate surface area is 140 Å². The van der Waals surface area contributed by atoms with Crippen LogP contribution in [0.4, 0.5) is 10.5 Å². The number of urea groups is 1. The molecule has 2 amide bonds. The predicted molar refractivity (Wildman–Crippen MR) is 90.9 cm³/mol. The molecule has 0 saturated carbocycles. The summed E-state index contributed by atoms with van der Waals surface area (Å²) in [6.45, 7) is 5.78. The van der Waals surface area contributed by atoms with Crippen molar-refractivity contribution in [2.75, 3.05) is 18.9 Å². The number of thioether (sulfide) groups is 1. The third-order valence-corrected chi connectivity index (χ3v) is 4.45. The molecule has 0 aliphatic rings. The second kappa shape index (κ2) is 8.29. The molecule has 1 aromatic rings. The standard InChI is InChI=1S/C15H21ClN2O3S/c1-9(2)22-13-11(16)6-5-7-12(13)17-15(21)18(4)8-10(3)14(19)20/h5-7,9-10H,8H2,1-4H3,(H,17,21)(H,19,20). The van der Waals surface area contributed by atoms with Gasteiger partial charge in [-0.05, 0) is 12.1 Å². The van der Waals surface area contributed by atoms with Gasteiger partial charge in [0.25, 0.3) is 0 Å². The van der Waals surface area contributed by atoms with E-state index in [-0.39, 0.29) is 12.6 Å². The van der Waals surface area contributed by atoms with Gasteiger partial charge in [0.05, 0.1) is 16.6 Å². The van der Waals surface area contributed by atoms with Crippen molar-refractivity contribution in [3.05, 3.63) is 23.2 Å². The first-order valence-corrected chi connectivity index (χ1v) is 8.18. The number of hydrogen-bond donors (Lipinski definition) is 2. The molecule has 2 N–H and O–H groups in total. The van der Waals surface area contributed by atoms with E-state index in [4.69, 9.17) is 16.7 Å². The van der Waals surface area contributed by atoms with Crippen molar-refractivity contribution in [1.29, 1.82) is 0 Å². The van der Waals surface area contributed by atoms with E-state index in [9.17, 15) is 9.59 Å². The molecule has 0 aromatic heterocycles. The van der Waals surface area contributed by atoms with E-state index in [1.165, 1.54) is 4.90 Å². The first-order chi connectivity index (χ1) is 10.2. The highest BCUT2D eigenvalue weighted by atomic mass is 35.5. The van der Waals surface area contributed by atoms with Crippen molar-refractivity contribution in [1.82, 2.24) is 4.90 Å². The molecule has 0 bridgehead atoms. The molecule has 5 nitrogen and oxygen atoms in total. The number of nitrogens with zero attached hydrogens (tertiary/aromatic N) is 1. The van der Waals surface area contributed by atoms with Gasteiger partial charge in [-0.15, -0.1) is 11.8 Å². The average molecular weight is 345 g/mol. The Bertz CT molecular complexity index is 552. The number of halogens is 1. The average Bonchev–Trinajstić information content (AvgIpc) is 2.41. The lowest BCUT2D eigenvalue weighted by molar-refractivity contribution is -0.141. The SMILES string of the molecule is CC(C)Sc1c(Cl)cccc1NC(=O)N(C)CC(C)C(=O)O.